The maximum Gasteiger partial charge on any atom is 0.335 e. The van der Waals surface area contributed by atoms with Crippen LogP contribution in [0.5, 0.6) is 0 Å². The topological polar surface area (TPSA) is 63.8 Å². The maximum absolute atomic E-state index is 11.2. The van der Waals surface area contributed by atoms with Gasteiger partial charge in [-0.2, -0.15) is 0 Å². The van der Waals surface area contributed by atoms with Gasteiger partial charge in [0.05, 0.1) is 22.5 Å². The molecule has 2 aromatic heterocycles. The molecule has 2 aromatic rings. The Balaban J connectivity index is 2.18. The summed E-state index contributed by atoms with van der Waals surface area (Å²) in [5, 5.41) is 9.20. The minimum atomic E-state index is -0.937. The van der Waals surface area contributed by atoms with E-state index in [1.807, 2.05) is 4.40 Å². The number of carbonyl (C=O) groups is 1. The molecule has 24 heavy (non-hydrogen) atoms. The molecule has 128 valence electrons. The number of hydrogen-bond acceptors (Lipinski definition) is 3. The van der Waals surface area contributed by atoms with Gasteiger partial charge in [-0.25, -0.2) is 9.78 Å². The van der Waals surface area contributed by atoms with E-state index in [0.29, 0.717) is 5.65 Å². The standard InChI is InChI=1S/C19H24N2O3/c1-6-14-16(13-10-18(2,3)24-19(4,5)11-13)20-15-9-12(17(22)23)7-8-21(14)15/h7-10H,6,11H2,1-5H3,(H,22,23). The lowest BCUT2D eigenvalue weighted by molar-refractivity contribution is -0.100. The molecule has 1 N–H and O–H groups in total. The van der Waals surface area contributed by atoms with Crippen molar-refractivity contribution in [3.63, 3.8) is 0 Å². The average Bonchev–Trinajstić information content (AvgIpc) is 2.81. The molecule has 0 aromatic carbocycles. The number of pyridine rings is 1. The Morgan fingerprint density at radius 1 is 1.38 bits per heavy atom. The van der Waals surface area contributed by atoms with E-state index in [9.17, 15) is 9.90 Å². The van der Waals surface area contributed by atoms with Crippen LogP contribution in [0, 0.1) is 0 Å². The Bertz CT molecular complexity index is 844. The quantitative estimate of drug-likeness (QED) is 0.926. The molecule has 5 nitrogen and oxygen atoms in total. The number of fused-ring (bicyclic) bond motifs is 1. The lowest BCUT2D eigenvalue weighted by Gasteiger charge is -2.40. The molecule has 0 saturated carbocycles. The zero-order valence-corrected chi connectivity index (χ0v) is 14.9. The summed E-state index contributed by atoms with van der Waals surface area (Å²) >= 11 is 0. The molecule has 0 aliphatic carbocycles. The Morgan fingerprint density at radius 2 is 2.08 bits per heavy atom. The summed E-state index contributed by atoms with van der Waals surface area (Å²) in [6, 6.07) is 3.24. The summed E-state index contributed by atoms with van der Waals surface area (Å²) < 4.78 is 8.11. The predicted octanol–water partition coefficient (Wildman–Crippen LogP) is 3.96. The Kier molecular flexibility index (Phi) is 3.79. The third-order valence-corrected chi connectivity index (χ3v) is 4.29. The van der Waals surface area contributed by atoms with Gasteiger partial charge in [0.2, 0.25) is 0 Å². The number of carboxylic acids is 1. The second-order valence-electron chi connectivity index (χ2n) is 7.52. The second kappa shape index (κ2) is 5.45. The monoisotopic (exact) mass is 328 g/mol. The van der Waals surface area contributed by atoms with Crippen LogP contribution < -0.4 is 0 Å². The average molecular weight is 328 g/mol. The van der Waals surface area contributed by atoms with E-state index in [4.69, 9.17) is 9.72 Å². The molecule has 0 radical (unpaired) electrons. The van der Waals surface area contributed by atoms with Gasteiger partial charge in [-0.15, -0.1) is 0 Å². The van der Waals surface area contributed by atoms with E-state index in [1.54, 1.807) is 18.3 Å². The first-order valence-corrected chi connectivity index (χ1v) is 8.28. The van der Waals surface area contributed by atoms with Crippen LogP contribution in [0.15, 0.2) is 24.4 Å². The van der Waals surface area contributed by atoms with Crippen LogP contribution in [0.4, 0.5) is 0 Å². The van der Waals surface area contributed by atoms with Crippen molar-refractivity contribution in [2.45, 2.75) is 58.7 Å². The summed E-state index contributed by atoms with van der Waals surface area (Å²) in [7, 11) is 0. The molecule has 0 amide bonds. The number of aryl methyl sites for hydroxylation is 1. The van der Waals surface area contributed by atoms with Crippen molar-refractivity contribution in [2.75, 3.05) is 0 Å². The van der Waals surface area contributed by atoms with Crippen LogP contribution in [0.25, 0.3) is 11.2 Å². The van der Waals surface area contributed by atoms with Gasteiger partial charge in [0, 0.05) is 18.3 Å². The van der Waals surface area contributed by atoms with Gasteiger partial charge >= 0.3 is 5.97 Å². The van der Waals surface area contributed by atoms with Crippen molar-refractivity contribution in [1.82, 2.24) is 9.38 Å². The summed E-state index contributed by atoms with van der Waals surface area (Å²) in [6.45, 7) is 10.4. The normalized spacial score (nSPS) is 19.3. The van der Waals surface area contributed by atoms with E-state index in [0.717, 1.165) is 29.8 Å². The van der Waals surface area contributed by atoms with Crippen molar-refractivity contribution in [3.8, 4) is 0 Å². The molecular formula is C19H24N2O3. The molecular weight excluding hydrogens is 304 g/mol. The zero-order chi connectivity index (χ0) is 17.7. The first kappa shape index (κ1) is 16.7. The number of rotatable bonds is 3. The van der Waals surface area contributed by atoms with Gasteiger partial charge in [-0.3, -0.25) is 0 Å². The summed E-state index contributed by atoms with van der Waals surface area (Å²) in [5.74, 6) is -0.937. The highest BCUT2D eigenvalue weighted by Gasteiger charge is 2.35. The lowest BCUT2D eigenvalue weighted by atomic mass is 9.87. The van der Waals surface area contributed by atoms with Gasteiger partial charge < -0.3 is 14.2 Å². The molecule has 0 spiro atoms. The van der Waals surface area contributed by atoms with Gasteiger partial charge in [0.15, 0.2) is 0 Å². The Hall–Kier alpha value is -2.14. The molecule has 0 fully saturated rings. The number of nitrogens with zero attached hydrogens (tertiary/aromatic N) is 2. The summed E-state index contributed by atoms with van der Waals surface area (Å²) in [4.78, 5) is 16.0. The summed E-state index contributed by atoms with van der Waals surface area (Å²) in [6.07, 6.45) is 5.53. The molecule has 1 aliphatic rings. The van der Waals surface area contributed by atoms with Crippen LogP contribution in [-0.4, -0.2) is 31.7 Å². The molecule has 1 aliphatic heterocycles. The SMILES string of the molecule is CCc1c(C2=CC(C)(C)OC(C)(C)C2)nc2cc(C(=O)O)ccn12. The smallest absolute Gasteiger partial charge is 0.335 e. The lowest BCUT2D eigenvalue weighted by Crippen LogP contribution is -2.39. The zero-order valence-electron chi connectivity index (χ0n) is 14.9. The van der Waals surface area contributed by atoms with E-state index < -0.39 is 5.97 Å². The molecule has 3 heterocycles. The van der Waals surface area contributed by atoms with Gasteiger partial charge in [0.25, 0.3) is 0 Å². The fourth-order valence-corrected chi connectivity index (χ4v) is 3.68. The van der Waals surface area contributed by atoms with E-state index in [2.05, 4.69) is 40.7 Å². The van der Waals surface area contributed by atoms with E-state index in [-0.39, 0.29) is 16.8 Å². The number of ether oxygens (including phenoxy) is 1. The van der Waals surface area contributed by atoms with Crippen LogP contribution in [0.3, 0.4) is 0 Å². The van der Waals surface area contributed by atoms with Crippen molar-refractivity contribution < 1.29 is 14.6 Å². The fraction of sp³-hybridized carbons (Fsp3) is 0.474. The fourth-order valence-electron chi connectivity index (χ4n) is 3.68. The van der Waals surface area contributed by atoms with Crippen LogP contribution in [0.1, 0.15) is 62.8 Å². The molecule has 0 unspecified atom stereocenters. The largest absolute Gasteiger partial charge is 0.478 e. The number of imidazole rings is 1. The van der Waals surface area contributed by atoms with Crippen molar-refractivity contribution in [2.24, 2.45) is 0 Å². The predicted molar refractivity (Wildman–Crippen MR) is 93.4 cm³/mol. The highest BCUT2D eigenvalue weighted by molar-refractivity contribution is 5.88. The van der Waals surface area contributed by atoms with Gasteiger partial charge in [0.1, 0.15) is 5.65 Å². The van der Waals surface area contributed by atoms with Gasteiger partial charge in [-0.05, 0) is 57.9 Å². The summed E-state index contributed by atoms with van der Waals surface area (Å²) in [5.41, 5.74) is 3.51. The van der Waals surface area contributed by atoms with E-state index >= 15 is 0 Å². The molecule has 0 atom stereocenters. The second-order valence-corrected chi connectivity index (χ2v) is 7.52. The van der Waals surface area contributed by atoms with Crippen molar-refractivity contribution in [1.29, 1.82) is 0 Å². The van der Waals surface area contributed by atoms with Crippen LogP contribution in [-0.2, 0) is 11.2 Å². The third kappa shape index (κ3) is 2.96. The molecule has 3 rings (SSSR count). The highest BCUT2D eigenvalue weighted by atomic mass is 16.5. The van der Waals surface area contributed by atoms with Crippen LogP contribution >= 0.6 is 0 Å². The highest BCUT2D eigenvalue weighted by Crippen LogP contribution is 2.39. The first-order valence-electron chi connectivity index (χ1n) is 8.28. The van der Waals surface area contributed by atoms with Crippen LogP contribution in [0.2, 0.25) is 0 Å². The number of carboxylic acid groups (broad SMARTS) is 1. The Morgan fingerprint density at radius 3 is 2.67 bits per heavy atom. The molecule has 0 bridgehead atoms. The minimum Gasteiger partial charge on any atom is -0.478 e. The Labute approximate surface area is 142 Å². The molecule has 5 heteroatoms. The number of aromatic nitrogens is 2. The maximum atomic E-state index is 11.2. The minimum absolute atomic E-state index is 0.253. The third-order valence-electron chi connectivity index (χ3n) is 4.29. The van der Waals surface area contributed by atoms with Gasteiger partial charge in [-0.1, -0.05) is 6.92 Å². The van der Waals surface area contributed by atoms with Crippen molar-refractivity contribution in [3.05, 3.63) is 41.4 Å². The number of aromatic carboxylic acids is 1. The number of hydrogen-bond donors (Lipinski definition) is 1. The molecule has 0 saturated heterocycles. The first-order chi connectivity index (χ1) is 11.1. The van der Waals surface area contributed by atoms with Crippen molar-refractivity contribution >= 4 is 17.2 Å². The van der Waals surface area contributed by atoms with E-state index in [1.165, 1.54) is 0 Å².